The number of ether oxygens (including phenoxy) is 1. The summed E-state index contributed by atoms with van der Waals surface area (Å²) in [5.41, 5.74) is -0.265. The Morgan fingerprint density at radius 3 is 2.42 bits per heavy atom. The molecule has 31 heavy (non-hydrogen) atoms. The molecule has 4 aromatic rings. The third kappa shape index (κ3) is 4.61. The van der Waals surface area contributed by atoms with E-state index in [0.29, 0.717) is 23.1 Å². The zero-order valence-corrected chi connectivity index (χ0v) is 16.6. The van der Waals surface area contributed by atoms with Gasteiger partial charge in [0.2, 0.25) is 0 Å². The average molecular weight is 444 g/mol. The highest BCUT2D eigenvalue weighted by molar-refractivity contribution is 7.92. The van der Waals surface area contributed by atoms with Gasteiger partial charge in [0.15, 0.2) is 5.75 Å². The number of sulfonamides is 1. The molecule has 0 aliphatic heterocycles. The van der Waals surface area contributed by atoms with Gasteiger partial charge in [-0.1, -0.05) is 30.3 Å². The first-order valence-corrected chi connectivity index (χ1v) is 10.5. The van der Waals surface area contributed by atoms with Crippen LogP contribution in [-0.2, 0) is 16.2 Å². The van der Waals surface area contributed by atoms with E-state index in [9.17, 15) is 21.6 Å². The maximum absolute atomic E-state index is 12.9. The molecule has 0 radical (unpaired) electrons. The Kier molecular flexibility index (Phi) is 5.28. The molecule has 0 aliphatic carbocycles. The van der Waals surface area contributed by atoms with Crippen LogP contribution in [-0.4, -0.2) is 13.4 Å². The van der Waals surface area contributed by atoms with Crippen LogP contribution in [0.4, 0.5) is 18.9 Å². The maximum Gasteiger partial charge on any atom is 0.416 e. The SMILES string of the molecule is O=S(=O)(Nc1cccc(Oc2cccc3cccnc23)c1)c1cccc(C(F)(F)F)c1. The summed E-state index contributed by atoms with van der Waals surface area (Å²) in [6, 6.07) is 18.8. The number of hydrogen-bond donors (Lipinski definition) is 1. The molecule has 0 saturated heterocycles. The maximum atomic E-state index is 12.9. The summed E-state index contributed by atoms with van der Waals surface area (Å²) in [6.45, 7) is 0. The molecule has 9 heteroatoms. The lowest BCUT2D eigenvalue weighted by Crippen LogP contribution is -2.14. The molecule has 0 unspecified atom stereocenters. The molecule has 0 atom stereocenters. The number of fused-ring (bicyclic) bond motifs is 1. The molecule has 0 aliphatic rings. The minimum Gasteiger partial charge on any atom is -0.455 e. The topological polar surface area (TPSA) is 68.3 Å². The Bertz CT molecular complexity index is 1350. The number of anilines is 1. The number of pyridine rings is 1. The Morgan fingerprint density at radius 2 is 1.61 bits per heavy atom. The smallest absolute Gasteiger partial charge is 0.416 e. The van der Waals surface area contributed by atoms with Crippen LogP contribution < -0.4 is 9.46 Å². The summed E-state index contributed by atoms with van der Waals surface area (Å²) in [5.74, 6) is 0.818. The summed E-state index contributed by atoms with van der Waals surface area (Å²) in [6.07, 6.45) is -3.01. The van der Waals surface area contributed by atoms with Gasteiger partial charge in [0, 0.05) is 17.6 Å². The predicted molar refractivity (Wildman–Crippen MR) is 111 cm³/mol. The van der Waals surface area contributed by atoms with E-state index in [0.717, 1.165) is 23.6 Å². The van der Waals surface area contributed by atoms with Crippen LogP contribution in [0.1, 0.15) is 5.56 Å². The zero-order valence-electron chi connectivity index (χ0n) is 15.8. The van der Waals surface area contributed by atoms with Crippen molar-refractivity contribution in [1.82, 2.24) is 4.98 Å². The fourth-order valence-electron chi connectivity index (χ4n) is 2.96. The van der Waals surface area contributed by atoms with Crippen LogP contribution in [0.3, 0.4) is 0 Å². The van der Waals surface area contributed by atoms with E-state index < -0.39 is 26.7 Å². The minimum atomic E-state index is -4.65. The van der Waals surface area contributed by atoms with Crippen molar-refractivity contribution < 1.29 is 26.3 Å². The highest BCUT2D eigenvalue weighted by Crippen LogP contribution is 2.32. The van der Waals surface area contributed by atoms with Gasteiger partial charge in [-0.2, -0.15) is 13.2 Å². The van der Waals surface area contributed by atoms with Crippen molar-refractivity contribution in [2.75, 3.05) is 4.72 Å². The number of benzene rings is 3. The number of nitrogens with zero attached hydrogens (tertiary/aromatic N) is 1. The molecule has 5 nitrogen and oxygen atoms in total. The summed E-state index contributed by atoms with van der Waals surface area (Å²) in [4.78, 5) is 3.80. The van der Waals surface area contributed by atoms with Crippen LogP contribution >= 0.6 is 0 Å². The average Bonchev–Trinajstić information content (AvgIpc) is 2.73. The van der Waals surface area contributed by atoms with Gasteiger partial charge >= 0.3 is 6.18 Å². The van der Waals surface area contributed by atoms with E-state index in [4.69, 9.17) is 4.74 Å². The standard InChI is InChI=1S/C22H15F3N2O3S/c23-22(24,25)16-7-2-10-19(13-16)31(28,29)27-17-8-3-9-18(14-17)30-20-11-1-5-15-6-4-12-26-21(15)20/h1-14,27H. The molecule has 1 heterocycles. The third-order valence-electron chi connectivity index (χ3n) is 4.38. The van der Waals surface area contributed by atoms with E-state index in [1.54, 1.807) is 36.5 Å². The van der Waals surface area contributed by atoms with E-state index in [2.05, 4.69) is 9.71 Å². The monoisotopic (exact) mass is 444 g/mol. The van der Waals surface area contributed by atoms with Crippen LogP contribution in [0.5, 0.6) is 11.5 Å². The molecular formula is C22H15F3N2O3S. The van der Waals surface area contributed by atoms with Crippen molar-refractivity contribution in [2.45, 2.75) is 11.1 Å². The summed E-state index contributed by atoms with van der Waals surface area (Å²) < 4.78 is 72.1. The number of aromatic nitrogens is 1. The number of halogens is 3. The molecular weight excluding hydrogens is 429 g/mol. The van der Waals surface area contributed by atoms with Crippen molar-refractivity contribution in [3.8, 4) is 11.5 Å². The summed E-state index contributed by atoms with van der Waals surface area (Å²) in [7, 11) is -4.24. The first-order valence-electron chi connectivity index (χ1n) is 9.04. The summed E-state index contributed by atoms with van der Waals surface area (Å²) >= 11 is 0. The molecule has 0 saturated carbocycles. The molecule has 0 fully saturated rings. The molecule has 0 spiro atoms. The highest BCUT2D eigenvalue weighted by Gasteiger charge is 2.31. The Balaban J connectivity index is 1.60. The lowest BCUT2D eigenvalue weighted by molar-refractivity contribution is -0.137. The van der Waals surface area contributed by atoms with Crippen molar-refractivity contribution in [3.63, 3.8) is 0 Å². The predicted octanol–water partition coefficient (Wildman–Crippen LogP) is 5.85. The zero-order chi connectivity index (χ0) is 22.1. The fraction of sp³-hybridized carbons (Fsp3) is 0.0455. The Morgan fingerprint density at radius 1 is 0.871 bits per heavy atom. The number of para-hydroxylation sites is 1. The van der Waals surface area contributed by atoms with E-state index in [1.807, 2.05) is 12.1 Å². The quantitative estimate of drug-likeness (QED) is 0.420. The second kappa shape index (κ2) is 7.92. The van der Waals surface area contributed by atoms with Crippen LogP contribution in [0.25, 0.3) is 10.9 Å². The van der Waals surface area contributed by atoms with E-state index in [1.165, 1.54) is 12.1 Å². The summed E-state index contributed by atoms with van der Waals surface area (Å²) in [5, 5.41) is 0.876. The van der Waals surface area contributed by atoms with Crippen molar-refractivity contribution in [2.24, 2.45) is 0 Å². The van der Waals surface area contributed by atoms with E-state index >= 15 is 0 Å². The van der Waals surface area contributed by atoms with Gasteiger partial charge in [-0.3, -0.25) is 9.71 Å². The molecule has 0 bridgehead atoms. The normalized spacial score (nSPS) is 12.0. The molecule has 4 rings (SSSR count). The second-order valence-electron chi connectivity index (χ2n) is 6.59. The molecule has 1 N–H and O–H groups in total. The fourth-order valence-corrected chi connectivity index (χ4v) is 4.06. The lowest BCUT2D eigenvalue weighted by Gasteiger charge is -2.12. The van der Waals surface area contributed by atoms with Gasteiger partial charge in [-0.15, -0.1) is 0 Å². The van der Waals surface area contributed by atoms with Crippen molar-refractivity contribution >= 4 is 26.6 Å². The number of hydrogen-bond acceptors (Lipinski definition) is 4. The van der Waals surface area contributed by atoms with Gasteiger partial charge in [0.05, 0.1) is 16.1 Å². The first-order chi connectivity index (χ1) is 14.7. The molecule has 0 amide bonds. The van der Waals surface area contributed by atoms with Gasteiger partial charge < -0.3 is 4.74 Å². The van der Waals surface area contributed by atoms with Crippen LogP contribution in [0, 0.1) is 0 Å². The second-order valence-corrected chi connectivity index (χ2v) is 8.27. The Labute approximate surface area is 176 Å². The molecule has 1 aromatic heterocycles. The van der Waals surface area contributed by atoms with Crippen molar-refractivity contribution in [3.05, 3.63) is 90.6 Å². The number of alkyl halides is 3. The molecule has 158 valence electrons. The van der Waals surface area contributed by atoms with Gasteiger partial charge in [0.25, 0.3) is 10.0 Å². The Hall–Kier alpha value is -3.59. The minimum absolute atomic E-state index is 0.142. The largest absolute Gasteiger partial charge is 0.455 e. The van der Waals surface area contributed by atoms with E-state index in [-0.39, 0.29) is 5.69 Å². The van der Waals surface area contributed by atoms with Crippen molar-refractivity contribution in [1.29, 1.82) is 0 Å². The lowest BCUT2D eigenvalue weighted by atomic mass is 10.2. The highest BCUT2D eigenvalue weighted by atomic mass is 32.2. The third-order valence-corrected chi connectivity index (χ3v) is 5.76. The first kappa shape index (κ1) is 20.7. The number of nitrogens with one attached hydrogen (secondary N) is 1. The molecule has 3 aromatic carbocycles. The van der Waals surface area contributed by atoms with Crippen LogP contribution in [0.2, 0.25) is 0 Å². The van der Waals surface area contributed by atoms with Gasteiger partial charge in [-0.05, 0) is 42.5 Å². The van der Waals surface area contributed by atoms with Gasteiger partial charge in [0.1, 0.15) is 11.3 Å². The van der Waals surface area contributed by atoms with Gasteiger partial charge in [-0.25, -0.2) is 8.42 Å². The number of rotatable bonds is 5. The van der Waals surface area contributed by atoms with Crippen LogP contribution in [0.15, 0.2) is 90.0 Å².